The molecule has 0 bridgehead atoms. The maximum Gasteiger partial charge on any atom is 0.344 e. The van der Waals surface area contributed by atoms with Crippen LogP contribution in [0.2, 0.25) is 10.0 Å². The molecule has 0 spiro atoms. The average molecular weight is 291 g/mol. The van der Waals surface area contributed by atoms with Crippen molar-refractivity contribution in [2.75, 3.05) is 0 Å². The highest BCUT2D eigenvalue weighted by atomic mass is 35.5. The third kappa shape index (κ3) is 2.25. The zero-order valence-electron chi connectivity index (χ0n) is 9.69. The van der Waals surface area contributed by atoms with Gasteiger partial charge >= 0.3 is 5.63 Å². The van der Waals surface area contributed by atoms with E-state index >= 15 is 0 Å². The lowest BCUT2D eigenvalue weighted by Gasteiger charge is -2.04. The fourth-order valence-corrected chi connectivity index (χ4v) is 2.52. The summed E-state index contributed by atoms with van der Waals surface area (Å²) < 4.78 is 5.29. The van der Waals surface area contributed by atoms with Gasteiger partial charge in [-0.15, -0.1) is 0 Å². The van der Waals surface area contributed by atoms with E-state index in [2.05, 4.69) is 0 Å². The fraction of sp³-hybridized carbons (Fsp3) is 0. The number of hydrogen-bond acceptors (Lipinski definition) is 2. The minimum absolute atomic E-state index is 0.333. The Morgan fingerprint density at radius 1 is 0.947 bits per heavy atom. The molecule has 0 radical (unpaired) electrons. The fourth-order valence-electron chi connectivity index (χ4n) is 1.98. The van der Waals surface area contributed by atoms with Crippen molar-refractivity contribution in [3.05, 3.63) is 69.0 Å². The molecule has 0 saturated heterocycles. The van der Waals surface area contributed by atoms with Gasteiger partial charge in [0.1, 0.15) is 0 Å². The molecule has 0 unspecified atom stereocenters. The van der Waals surface area contributed by atoms with E-state index in [4.69, 9.17) is 27.6 Å². The first-order valence-electron chi connectivity index (χ1n) is 5.63. The molecule has 4 heteroatoms. The van der Waals surface area contributed by atoms with Gasteiger partial charge in [-0.3, -0.25) is 0 Å². The summed E-state index contributed by atoms with van der Waals surface area (Å²) in [6.45, 7) is 0. The van der Waals surface area contributed by atoms with E-state index in [-0.39, 0.29) is 0 Å². The Morgan fingerprint density at radius 3 is 2.42 bits per heavy atom. The Morgan fingerprint density at radius 2 is 1.68 bits per heavy atom. The highest BCUT2D eigenvalue weighted by Gasteiger charge is 2.10. The third-order valence-corrected chi connectivity index (χ3v) is 3.34. The molecule has 19 heavy (non-hydrogen) atoms. The molecule has 3 rings (SSSR count). The first-order valence-corrected chi connectivity index (χ1v) is 6.39. The second kappa shape index (κ2) is 4.72. The Hall–Kier alpha value is -1.77. The zero-order chi connectivity index (χ0) is 13.4. The van der Waals surface area contributed by atoms with Crippen molar-refractivity contribution < 1.29 is 4.42 Å². The van der Waals surface area contributed by atoms with E-state index in [0.717, 1.165) is 5.56 Å². The molecule has 0 aliphatic heterocycles. The molecule has 0 aliphatic rings. The summed E-state index contributed by atoms with van der Waals surface area (Å²) in [5.74, 6) is 0. The number of hydrogen-bond donors (Lipinski definition) is 0. The number of rotatable bonds is 1. The Kier molecular flexibility index (Phi) is 3.05. The van der Waals surface area contributed by atoms with Gasteiger partial charge in [-0.1, -0.05) is 53.5 Å². The monoisotopic (exact) mass is 290 g/mol. The lowest BCUT2D eigenvalue weighted by Crippen LogP contribution is -2.02. The van der Waals surface area contributed by atoms with Crippen molar-refractivity contribution in [2.45, 2.75) is 0 Å². The normalized spacial score (nSPS) is 10.8. The van der Waals surface area contributed by atoms with Crippen LogP contribution in [0.4, 0.5) is 0 Å². The largest absolute Gasteiger partial charge is 0.421 e. The van der Waals surface area contributed by atoms with Gasteiger partial charge in [-0.25, -0.2) is 4.79 Å². The van der Waals surface area contributed by atoms with Crippen LogP contribution in [0.1, 0.15) is 0 Å². The summed E-state index contributed by atoms with van der Waals surface area (Å²) in [6.07, 6.45) is 0. The standard InChI is InChI=1S/C15H8Cl2O2/c16-11-6-10-7-12(9-4-2-1-3-5-9)15(18)19-14(10)13(17)8-11/h1-8H. The molecule has 2 aromatic carbocycles. The first-order chi connectivity index (χ1) is 9.15. The molecular formula is C15H8Cl2O2. The molecule has 1 aromatic heterocycles. The van der Waals surface area contributed by atoms with Crippen molar-refractivity contribution >= 4 is 34.2 Å². The van der Waals surface area contributed by atoms with Gasteiger partial charge in [-0.05, 0) is 23.8 Å². The first kappa shape index (κ1) is 12.3. The van der Waals surface area contributed by atoms with Crippen LogP contribution in [0.3, 0.4) is 0 Å². The van der Waals surface area contributed by atoms with Gasteiger partial charge in [0, 0.05) is 10.4 Å². The van der Waals surface area contributed by atoms with Gasteiger partial charge < -0.3 is 4.42 Å². The molecular weight excluding hydrogens is 283 g/mol. The summed E-state index contributed by atoms with van der Waals surface area (Å²) in [5, 5.41) is 1.54. The summed E-state index contributed by atoms with van der Waals surface area (Å²) >= 11 is 12.0. The van der Waals surface area contributed by atoms with Crippen LogP contribution in [-0.2, 0) is 0 Å². The molecule has 0 N–H and O–H groups in total. The van der Waals surface area contributed by atoms with E-state index in [1.807, 2.05) is 30.3 Å². The van der Waals surface area contributed by atoms with E-state index in [0.29, 0.717) is 26.6 Å². The molecule has 0 saturated carbocycles. The molecule has 0 aliphatic carbocycles. The third-order valence-electron chi connectivity index (χ3n) is 2.84. The summed E-state index contributed by atoms with van der Waals surface area (Å²) in [4.78, 5) is 12.0. The Balaban J connectivity index is 2.34. The topological polar surface area (TPSA) is 30.2 Å². The van der Waals surface area contributed by atoms with Crippen molar-refractivity contribution in [3.8, 4) is 11.1 Å². The SMILES string of the molecule is O=c1oc2c(Cl)cc(Cl)cc2cc1-c1ccccc1. The van der Waals surface area contributed by atoms with Crippen molar-refractivity contribution in [3.63, 3.8) is 0 Å². The molecule has 0 atom stereocenters. The summed E-state index contributed by atoms with van der Waals surface area (Å²) in [5.41, 5.74) is 1.24. The average Bonchev–Trinajstić information content (AvgIpc) is 2.40. The Labute approximate surface area is 119 Å². The van der Waals surface area contributed by atoms with Crippen LogP contribution >= 0.6 is 23.2 Å². The van der Waals surface area contributed by atoms with E-state index in [1.165, 1.54) is 0 Å². The van der Waals surface area contributed by atoms with Gasteiger partial charge in [-0.2, -0.15) is 0 Å². The number of fused-ring (bicyclic) bond motifs is 1. The van der Waals surface area contributed by atoms with E-state index in [1.54, 1.807) is 18.2 Å². The van der Waals surface area contributed by atoms with Crippen LogP contribution in [0.25, 0.3) is 22.1 Å². The maximum atomic E-state index is 12.0. The highest BCUT2D eigenvalue weighted by molar-refractivity contribution is 6.38. The molecule has 3 aromatic rings. The summed E-state index contributed by atoms with van der Waals surface area (Å²) in [6, 6.07) is 14.3. The Bertz CT molecular complexity index is 807. The second-order valence-corrected chi connectivity index (χ2v) is 4.96. The van der Waals surface area contributed by atoms with E-state index in [9.17, 15) is 4.79 Å². The predicted octanol–water partition coefficient (Wildman–Crippen LogP) is 4.77. The van der Waals surface area contributed by atoms with Crippen LogP contribution < -0.4 is 5.63 Å². The van der Waals surface area contributed by atoms with E-state index < -0.39 is 5.63 Å². The molecule has 2 nitrogen and oxygen atoms in total. The van der Waals surface area contributed by atoms with Crippen molar-refractivity contribution in [2.24, 2.45) is 0 Å². The molecule has 94 valence electrons. The lowest BCUT2D eigenvalue weighted by atomic mass is 10.1. The smallest absolute Gasteiger partial charge is 0.344 e. The maximum absolute atomic E-state index is 12.0. The minimum Gasteiger partial charge on any atom is -0.421 e. The van der Waals surface area contributed by atoms with Gasteiger partial charge in [0.2, 0.25) is 0 Å². The zero-order valence-corrected chi connectivity index (χ0v) is 11.2. The number of halogens is 2. The minimum atomic E-state index is -0.414. The van der Waals surface area contributed by atoms with Crippen molar-refractivity contribution in [1.82, 2.24) is 0 Å². The molecule has 0 amide bonds. The van der Waals surface area contributed by atoms with Crippen LogP contribution in [0.5, 0.6) is 0 Å². The van der Waals surface area contributed by atoms with Gasteiger partial charge in [0.25, 0.3) is 0 Å². The molecule has 1 heterocycles. The molecule has 0 fully saturated rings. The highest BCUT2D eigenvalue weighted by Crippen LogP contribution is 2.29. The van der Waals surface area contributed by atoms with Gasteiger partial charge in [0.05, 0.1) is 10.6 Å². The van der Waals surface area contributed by atoms with Crippen LogP contribution in [0, 0.1) is 0 Å². The van der Waals surface area contributed by atoms with Gasteiger partial charge in [0.15, 0.2) is 5.58 Å². The second-order valence-electron chi connectivity index (χ2n) is 4.12. The van der Waals surface area contributed by atoms with Crippen molar-refractivity contribution in [1.29, 1.82) is 0 Å². The van der Waals surface area contributed by atoms with Crippen LogP contribution in [0.15, 0.2) is 57.7 Å². The van der Waals surface area contributed by atoms with Crippen LogP contribution in [-0.4, -0.2) is 0 Å². The summed E-state index contributed by atoms with van der Waals surface area (Å²) in [7, 11) is 0. The lowest BCUT2D eigenvalue weighted by molar-refractivity contribution is 0.563. The predicted molar refractivity (Wildman–Crippen MR) is 77.9 cm³/mol. The quantitative estimate of drug-likeness (QED) is 0.605. The number of benzene rings is 2.